The first kappa shape index (κ1) is 15.6. The molecule has 0 aliphatic carbocycles. The number of likely N-dealkylation sites (N-methyl/N-ethyl adjacent to an activating group) is 1. The highest BCUT2D eigenvalue weighted by Crippen LogP contribution is 2.29. The number of furan rings is 1. The summed E-state index contributed by atoms with van der Waals surface area (Å²) in [6, 6.07) is 9.34. The molecule has 2 nitrogen and oxygen atoms in total. The van der Waals surface area contributed by atoms with Gasteiger partial charge in [-0.3, -0.25) is 0 Å². The second-order valence-corrected chi connectivity index (χ2v) is 5.01. The molecule has 0 radical (unpaired) electrons. The Balaban J connectivity index is 1.98. The van der Waals surface area contributed by atoms with Crippen molar-refractivity contribution >= 4 is 0 Å². The van der Waals surface area contributed by atoms with Crippen LogP contribution in [0, 0.1) is 0 Å². The van der Waals surface area contributed by atoms with E-state index in [1.807, 2.05) is 19.2 Å². The molecule has 2 rings (SSSR count). The molecule has 0 spiro atoms. The zero-order valence-corrected chi connectivity index (χ0v) is 11.8. The molecule has 5 heteroatoms. The topological polar surface area (TPSA) is 25.2 Å². The van der Waals surface area contributed by atoms with E-state index in [9.17, 15) is 13.2 Å². The van der Waals surface area contributed by atoms with Gasteiger partial charge in [-0.2, -0.15) is 13.2 Å². The van der Waals surface area contributed by atoms with E-state index < -0.39 is 11.7 Å². The molecule has 0 saturated carbocycles. The van der Waals surface area contributed by atoms with Gasteiger partial charge >= 0.3 is 6.18 Å². The first-order chi connectivity index (χ1) is 9.99. The summed E-state index contributed by atoms with van der Waals surface area (Å²) in [5, 5.41) is 3.15. The van der Waals surface area contributed by atoms with Gasteiger partial charge in [-0.25, -0.2) is 0 Å². The number of hydrogen-bond donors (Lipinski definition) is 1. The van der Waals surface area contributed by atoms with Crippen molar-refractivity contribution in [2.75, 3.05) is 7.05 Å². The minimum absolute atomic E-state index is 0.110. The van der Waals surface area contributed by atoms with Crippen LogP contribution in [0.2, 0.25) is 0 Å². The molecule has 1 heterocycles. The van der Waals surface area contributed by atoms with Gasteiger partial charge in [-0.15, -0.1) is 0 Å². The fraction of sp³-hybridized carbons (Fsp3) is 0.375. The van der Waals surface area contributed by atoms with Gasteiger partial charge in [0, 0.05) is 12.5 Å². The monoisotopic (exact) mass is 297 g/mol. The Kier molecular flexibility index (Phi) is 5.07. The zero-order chi connectivity index (χ0) is 15.3. The molecule has 1 aromatic heterocycles. The van der Waals surface area contributed by atoms with Gasteiger partial charge in [0.15, 0.2) is 0 Å². The first-order valence-corrected chi connectivity index (χ1v) is 6.85. The van der Waals surface area contributed by atoms with Gasteiger partial charge in [0.25, 0.3) is 0 Å². The number of alkyl halides is 3. The fourth-order valence-electron chi connectivity index (χ4n) is 2.28. The number of nitrogens with one attached hydrogen (secondary N) is 1. The molecule has 21 heavy (non-hydrogen) atoms. The van der Waals surface area contributed by atoms with Gasteiger partial charge in [0.2, 0.25) is 0 Å². The van der Waals surface area contributed by atoms with Crippen molar-refractivity contribution in [3.63, 3.8) is 0 Å². The van der Waals surface area contributed by atoms with Crippen LogP contribution in [-0.4, -0.2) is 13.1 Å². The van der Waals surface area contributed by atoms with E-state index in [4.69, 9.17) is 4.42 Å². The summed E-state index contributed by atoms with van der Waals surface area (Å²) >= 11 is 0. The summed E-state index contributed by atoms with van der Waals surface area (Å²) in [5.74, 6) is 0.888. The molecule has 0 amide bonds. The lowest BCUT2D eigenvalue weighted by atomic mass is 9.99. The second kappa shape index (κ2) is 6.80. The molecular weight excluding hydrogens is 279 g/mol. The molecule has 1 aromatic carbocycles. The highest BCUT2D eigenvalue weighted by molar-refractivity contribution is 5.26. The number of halogens is 3. The van der Waals surface area contributed by atoms with Crippen molar-refractivity contribution in [2.24, 2.45) is 0 Å². The SMILES string of the molecule is CNC(CCc1ccco1)Cc1cccc(C(F)(F)F)c1. The third-order valence-electron chi connectivity index (χ3n) is 3.46. The fourth-order valence-corrected chi connectivity index (χ4v) is 2.28. The standard InChI is InChI=1S/C16H18F3NO/c1-20-14(7-8-15-6-3-9-21-15)11-12-4-2-5-13(10-12)16(17,18)19/h2-6,9-10,14,20H,7-8,11H2,1H3. The van der Waals surface area contributed by atoms with E-state index in [-0.39, 0.29) is 6.04 Å². The highest BCUT2D eigenvalue weighted by Gasteiger charge is 2.30. The van der Waals surface area contributed by atoms with Crippen LogP contribution in [0.1, 0.15) is 23.3 Å². The average Bonchev–Trinajstić information content (AvgIpc) is 2.96. The molecule has 0 aliphatic rings. The first-order valence-electron chi connectivity index (χ1n) is 6.85. The summed E-state index contributed by atoms with van der Waals surface area (Å²) in [6.45, 7) is 0. The van der Waals surface area contributed by atoms with Gasteiger partial charge < -0.3 is 9.73 Å². The van der Waals surface area contributed by atoms with Crippen molar-refractivity contribution in [1.29, 1.82) is 0 Å². The van der Waals surface area contributed by atoms with Crippen LogP contribution in [-0.2, 0) is 19.0 Å². The van der Waals surface area contributed by atoms with Crippen molar-refractivity contribution in [3.8, 4) is 0 Å². The summed E-state index contributed by atoms with van der Waals surface area (Å²) in [4.78, 5) is 0. The minimum atomic E-state index is -4.29. The molecule has 1 unspecified atom stereocenters. The number of benzene rings is 1. The zero-order valence-electron chi connectivity index (χ0n) is 11.8. The normalized spacial score (nSPS) is 13.3. The lowest BCUT2D eigenvalue weighted by Crippen LogP contribution is -2.28. The van der Waals surface area contributed by atoms with Crippen LogP contribution in [0.25, 0.3) is 0 Å². The van der Waals surface area contributed by atoms with Crippen LogP contribution >= 0.6 is 0 Å². The summed E-state index contributed by atoms with van der Waals surface area (Å²) in [6.07, 6.45) is -0.547. The van der Waals surface area contributed by atoms with Gasteiger partial charge in [0.1, 0.15) is 5.76 Å². The smallest absolute Gasteiger partial charge is 0.416 e. The maximum absolute atomic E-state index is 12.7. The van der Waals surface area contributed by atoms with E-state index in [1.165, 1.54) is 12.1 Å². The van der Waals surface area contributed by atoms with E-state index >= 15 is 0 Å². The number of aryl methyl sites for hydroxylation is 1. The molecule has 0 bridgehead atoms. The number of rotatable bonds is 6. The van der Waals surface area contributed by atoms with E-state index in [0.29, 0.717) is 12.0 Å². The summed E-state index contributed by atoms with van der Waals surface area (Å²) in [7, 11) is 1.82. The maximum atomic E-state index is 12.7. The molecule has 1 atom stereocenters. The lowest BCUT2D eigenvalue weighted by Gasteiger charge is -2.16. The second-order valence-electron chi connectivity index (χ2n) is 5.01. The van der Waals surface area contributed by atoms with Crippen molar-refractivity contribution in [3.05, 3.63) is 59.5 Å². The Morgan fingerprint density at radius 1 is 1.19 bits per heavy atom. The van der Waals surface area contributed by atoms with Gasteiger partial charge in [-0.1, -0.05) is 18.2 Å². The quantitative estimate of drug-likeness (QED) is 0.869. The molecule has 0 aliphatic heterocycles. The van der Waals surface area contributed by atoms with Crippen LogP contribution in [0.15, 0.2) is 47.1 Å². The number of hydrogen-bond acceptors (Lipinski definition) is 2. The molecule has 2 aromatic rings. The molecule has 1 N–H and O–H groups in total. The van der Waals surface area contributed by atoms with E-state index in [2.05, 4.69) is 5.32 Å². The Labute approximate surface area is 122 Å². The third kappa shape index (κ3) is 4.63. The van der Waals surface area contributed by atoms with Crippen molar-refractivity contribution < 1.29 is 17.6 Å². The van der Waals surface area contributed by atoms with Crippen LogP contribution < -0.4 is 5.32 Å². The lowest BCUT2D eigenvalue weighted by molar-refractivity contribution is -0.137. The predicted octanol–water partition coefficient (Wildman–Crippen LogP) is 4.06. The van der Waals surface area contributed by atoms with E-state index in [1.54, 1.807) is 12.3 Å². The Morgan fingerprint density at radius 2 is 2.00 bits per heavy atom. The molecule has 0 saturated heterocycles. The molecule has 114 valence electrons. The minimum Gasteiger partial charge on any atom is -0.469 e. The maximum Gasteiger partial charge on any atom is 0.416 e. The van der Waals surface area contributed by atoms with E-state index in [0.717, 1.165) is 24.7 Å². The Hall–Kier alpha value is -1.75. The Morgan fingerprint density at radius 3 is 2.62 bits per heavy atom. The summed E-state index contributed by atoms with van der Waals surface area (Å²) < 4.78 is 43.3. The largest absolute Gasteiger partial charge is 0.469 e. The molecular formula is C16H18F3NO. The van der Waals surface area contributed by atoms with Crippen LogP contribution in [0.3, 0.4) is 0 Å². The highest BCUT2D eigenvalue weighted by atomic mass is 19.4. The average molecular weight is 297 g/mol. The van der Waals surface area contributed by atoms with Crippen molar-refractivity contribution in [2.45, 2.75) is 31.5 Å². The third-order valence-corrected chi connectivity index (χ3v) is 3.46. The van der Waals surface area contributed by atoms with Crippen LogP contribution in [0.4, 0.5) is 13.2 Å². The summed E-state index contributed by atoms with van der Waals surface area (Å²) in [5.41, 5.74) is 0.0875. The van der Waals surface area contributed by atoms with Gasteiger partial charge in [-0.05, 0) is 43.7 Å². The predicted molar refractivity (Wildman–Crippen MR) is 75.0 cm³/mol. The van der Waals surface area contributed by atoms with Gasteiger partial charge in [0.05, 0.1) is 11.8 Å². The Bertz CT molecular complexity index is 549. The van der Waals surface area contributed by atoms with Crippen molar-refractivity contribution in [1.82, 2.24) is 5.32 Å². The van der Waals surface area contributed by atoms with Crippen LogP contribution in [0.5, 0.6) is 0 Å². The molecule has 0 fully saturated rings.